The van der Waals surface area contributed by atoms with Crippen molar-refractivity contribution in [3.8, 4) is 0 Å². The third-order valence-electron chi connectivity index (χ3n) is 16.6. The first-order valence-corrected chi connectivity index (χ1v) is 39.5. The van der Waals surface area contributed by atoms with Crippen molar-refractivity contribution in [2.24, 2.45) is 11.8 Å². The van der Waals surface area contributed by atoms with Crippen LogP contribution in [0, 0.1) is 11.8 Å². The van der Waals surface area contributed by atoms with E-state index in [-0.39, 0.29) is 25.7 Å². The van der Waals surface area contributed by atoms with Gasteiger partial charge in [0.2, 0.25) is 0 Å². The number of aliphatic hydroxyl groups is 1. The molecule has 17 nitrogen and oxygen atoms in total. The summed E-state index contributed by atoms with van der Waals surface area (Å²) in [4.78, 5) is 72.4. The molecule has 0 saturated heterocycles. The number of hydrogen-bond acceptors (Lipinski definition) is 15. The molecular weight excluding hydrogens is 1170 g/mol. The molecule has 0 aromatic rings. The van der Waals surface area contributed by atoms with E-state index in [2.05, 4.69) is 41.5 Å². The molecule has 19 heteroatoms. The Morgan fingerprint density at radius 1 is 0.326 bits per heavy atom. The molecule has 0 radical (unpaired) electrons. The fraction of sp³-hybridized carbons (Fsp3) is 0.943. The van der Waals surface area contributed by atoms with Crippen LogP contribution in [0.4, 0.5) is 0 Å². The molecule has 3 N–H and O–H groups in total. The Balaban J connectivity index is 5.20. The second kappa shape index (κ2) is 62.2. The monoisotopic (exact) mass is 1310 g/mol. The maximum atomic E-state index is 13.0. The van der Waals surface area contributed by atoms with E-state index in [1.54, 1.807) is 0 Å². The Bertz CT molecular complexity index is 1740. The first-order chi connectivity index (χ1) is 42.9. The van der Waals surface area contributed by atoms with Crippen molar-refractivity contribution >= 4 is 39.5 Å². The molecule has 0 saturated carbocycles. The van der Waals surface area contributed by atoms with Crippen LogP contribution < -0.4 is 0 Å². The molecule has 6 atom stereocenters. The number of esters is 4. The molecule has 0 heterocycles. The average Bonchev–Trinajstić information content (AvgIpc) is 3.63. The van der Waals surface area contributed by atoms with Gasteiger partial charge in [0.25, 0.3) is 0 Å². The summed E-state index contributed by atoms with van der Waals surface area (Å²) in [7, 11) is -9.89. The molecule has 0 aromatic carbocycles. The van der Waals surface area contributed by atoms with Crippen LogP contribution in [-0.2, 0) is 65.4 Å². The lowest BCUT2D eigenvalue weighted by atomic mass is 9.99. The summed E-state index contributed by atoms with van der Waals surface area (Å²) in [5, 5.41) is 10.6. The summed E-state index contributed by atoms with van der Waals surface area (Å²) >= 11 is 0. The van der Waals surface area contributed by atoms with E-state index >= 15 is 0 Å². The molecule has 0 spiro atoms. The highest BCUT2D eigenvalue weighted by Gasteiger charge is 2.30. The number of ether oxygens (including phenoxy) is 4. The van der Waals surface area contributed by atoms with Crippen LogP contribution >= 0.6 is 15.6 Å². The smallest absolute Gasteiger partial charge is 0.462 e. The van der Waals surface area contributed by atoms with E-state index < -0.39 is 97.5 Å². The molecule has 0 aliphatic rings. The third kappa shape index (κ3) is 63.2. The van der Waals surface area contributed by atoms with Crippen LogP contribution in [0.25, 0.3) is 0 Å². The van der Waals surface area contributed by atoms with Gasteiger partial charge in [-0.15, -0.1) is 0 Å². The predicted octanol–water partition coefficient (Wildman–Crippen LogP) is 20.0. The lowest BCUT2D eigenvalue weighted by Crippen LogP contribution is -2.30. The van der Waals surface area contributed by atoms with Crippen LogP contribution in [0.1, 0.15) is 356 Å². The van der Waals surface area contributed by atoms with Crippen LogP contribution in [-0.4, -0.2) is 96.7 Å². The topological polar surface area (TPSA) is 237 Å². The number of carbonyl (C=O) groups excluding carboxylic acids is 4. The summed E-state index contributed by atoms with van der Waals surface area (Å²) in [5.74, 6) is -0.510. The normalized spacial score (nSPS) is 14.4. The van der Waals surface area contributed by atoms with Gasteiger partial charge in [-0.25, -0.2) is 9.13 Å². The van der Waals surface area contributed by atoms with E-state index in [1.165, 1.54) is 167 Å². The molecule has 0 aliphatic carbocycles. The maximum Gasteiger partial charge on any atom is 0.472 e. The third-order valence-corrected chi connectivity index (χ3v) is 18.5. The Hall–Kier alpha value is -1.94. The number of hydrogen-bond donors (Lipinski definition) is 3. The lowest BCUT2D eigenvalue weighted by molar-refractivity contribution is -0.161. The summed E-state index contributed by atoms with van der Waals surface area (Å²) in [6, 6.07) is 0. The highest BCUT2D eigenvalue weighted by molar-refractivity contribution is 7.47. The predicted molar refractivity (Wildman–Crippen MR) is 358 cm³/mol. The second-order valence-electron chi connectivity index (χ2n) is 26.0. The van der Waals surface area contributed by atoms with E-state index in [4.69, 9.17) is 37.0 Å². The quantitative estimate of drug-likeness (QED) is 0.0222. The summed E-state index contributed by atoms with van der Waals surface area (Å²) in [6.07, 6.45) is 47.2. The Labute approximate surface area is 543 Å². The maximum absolute atomic E-state index is 13.0. The number of unbranched alkanes of at least 4 members (excludes halogenated alkanes) is 38. The fourth-order valence-electron chi connectivity index (χ4n) is 10.6. The summed E-state index contributed by atoms with van der Waals surface area (Å²) < 4.78 is 68.2. The van der Waals surface area contributed by atoms with Gasteiger partial charge >= 0.3 is 39.5 Å². The molecule has 0 amide bonds. The highest BCUT2D eigenvalue weighted by atomic mass is 31.2. The zero-order valence-corrected chi connectivity index (χ0v) is 59.5. The highest BCUT2D eigenvalue weighted by Crippen LogP contribution is 2.45. The number of rotatable bonds is 69. The summed E-state index contributed by atoms with van der Waals surface area (Å²) in [6.45, 7) is 9.56. The first kappa shape index (κ1) is 87.1. The lowest BCUT2D eigenvalue weighted by Gasteiger charge is -2.21. The fourth-order valence-corrected chi connectivity index (χ4v) is 12.1. The van der Waals surface area contributed by atoms with Crippen LogP contribution in [0.15, 0.2) is 0 Å². The molecule has 528 valence electrons. The number of carbonyl (C=O) groups is 4. The van der Waals surface area contributed by atoms with Gasteiger partial charge < -0.3 is 33.8 Å². The zero-order chi connectivity index (χ0) is 65.7. The molecule has 0 fully saturated rings. The van der Waals surface area contributed by atoms with Gasteiger partial charge in [0.05, 0.1) is 26.4 Å². The molecule has 0 bridgehead atoms. The van der Waals surface area contributed by atoms with Crippen molar-refractivity contribution in [3.63, 3.8) is 0 Å². The molecule has 0 rings (SSSR count). The minimum Gasteiger partial charge on any atom is -0.462 e. The van der Waals surface area contributed by atoms with Gasteiger partial charge in [0.1, 0.15) is 19.3 Å². The molecule has 89 heavy (non-hydrogen) atoms. The van der Waals surface area contributed by atoms with Gasteiger partial charge in [-0.3, -0.25) is 37.3 Å². The first-order valence-electron chi connectivity index (χ1n) is 36.5. The van der Waals surface area contributed by atoms with Crippen molar-refractivity contribution < 1.29 is 80.2 Å². The van der Waals surface area contributed by atoms with Crippen LogP contribution in [0.3, 0.4) is 0 Å². The molecular formula is C70H136O17P2. The summed E-state index contributed by atoms with van der Waals surface area (Å²) in [5.41, 5.74) is 0. The van der Waals surface area contributed by atoms with Gasteiger partial charge in [-0.1, -0.05) is 305 Å². The Morgan fingerprint density at radius 2 is 0.573 bits per heavy atom. The van der Waals surface area contributed by atoms with E-state index in [0.717, 1.165) is 108 Å². The minimum absolute atomic E-state index is 0.106. The van der Waals surface area contributed by atoms with Crippen molar-refractivity contribution in [3.05, 3.63) is 0 Å². The second-order valence-corrected chi connectivity index (χ2v) is 28.9. The van der Waals surface area contributed by atoms with Crippen molar-refractivity contribution in [1.29, 1.82) is 0 Å². The number of phosphoric acid groups is 2. The van der Waals surface area contributed by atoms with E-state index in [0.29, 0.717) is 25.7 Å². The number of aliphatic hydroxyl groups excluding tert-OH is 1. The Kier molecular flexibility index (Phi) is 60.8. The van der Waals surface area contributed by atoms with E-state index in [1.807, 2.05) is 0 Å². The van der Waals surface area contributed by atoms with Gasteiger partial charge in [0, 0.05) is 25.7 Å². The van der Waals surface area contributed by atoms with Crippen molar-refractivity contribution in [2.75, 3.05) is 39.6 Å². The standard InChI is InChI=1S/C70H136O17P2/c1-7-10-12-14-16-27-36-42-48-54-69(74)86-65(58-80-67(72)52-46-40-34-17-15-13-11-8-2)60-84-88(76,77)82-56-64(71)57-83-89(78,79)85-61-66(59-81-68(73)53-47-41-35-30-26-22-23-28-32-38-44-50-62(4)5)87-70(75)55-49-43-37-31-25-21-19-18-20-24-29-33-39-45-51-63(6)9-3/h62-66,71H,7-61H2,1-6H3,(H,76,77)(H,78,79)/t63?,64-,65+,66+/m0/s1. The SMILES string of the molecule is CCCCCCCCCCCC(=O)O[C@H](COC(=O)CCCCCCCCCC)COP(=O)(O)OC[C@H](O)COP(=O)(O)OC[C@@H](COC(=O)CCCCCCCCCCCCCC(C)C)OC(=O)CCCCCCCCCCCCCCCCC(C)CC. The average molecular weight is 1310 g/mol. The van der Waals surface area contributed by atoms with Crippen LogP contribution in [0.2, 0.25) is 0 Å². The zero-order valence-electron chi connectivity index (χ0n) is 57.7. The molecule has 0 aromatic heterocycles. The molecule has 3 unspecified atom stereocenters. The van der Waals surface area contributed by atoms with Gasteiger partial charge in [-0.05, 0) is 37.5 Å². The van der Waals surface area contributed by atoms with E-state index in [9.17, 15) is 43.2 Å². The van der Waals surface area contributed by atoms with Crippen molar-refractivity contribution in [2.45, 2.75) is 374 Å². The van der Waals surface area contributed by atoms with Gasteiger partial charge in [-0.2, -0.15) is 0 Å². The molecule has 0 aliphatic heterocycles. The van der Waals surface area contributed by atoms with Gasteiger partial charge in [0.15, 0.2) is 12.2 Å². The van der Waals surface area contributed by atoms with Crippen LogP contribution in [0.5, 0.6) is 0 Å². The largest absolute Gasteiger partial charge is 0.472 e. The number of phosphoric ester groups is 2. The Morgan fingerprint density at radius 3 is 0.854 bits per heavy atom. The minimum atomic E-state index is -4.95. The van der Waals surface area contributed by atoms with Crippen molar-refractivity contribution in [1.82, 2.24) is 0 Å².